The number of methoxy groups -OCH3 is 1. The molecule has 0 fully saturated rings. The summed E-state index contributed by atoms with van der Waals surface area (Å²) in [5.74, 6) is -0.929. The number of amides is 1. The summed E-state index contributed by atoms with van der Waals surface area (Å²) < 4.78 is 47.8. The highest BCUT2D eigenvalue weighted by atomic mass is 32.2. The number of sulfonamides is 1. The average molecular weight is 493 g/mol. The summed E-state index contributed by atoms with van der Waals surface area (Å²) in [5.41, 5.74) is 2.25. The van der Waals surface area contributed by atoms with Crippen molar-refractivity contribution >= 4 is 26.7 Å². The number of hydrogen-bond acceptors (Lipinski definition) is 5. The second-order valence-electron chi connectivity index (χ2n) is 8.48. The van der Waals surface area contributed by atoms with Crippen molar-refractivity contribution in [3.05, 3.63) is 89.9 Å². The number of carbonyl (C=O) groups is 1. The molecule has 1 aromatic heterocycles. The number of aromatic nitrogens is 1. The number of rotatable bonds is 7. The highest BCUT2D eigenvalue weighted by Crippen LogP contribution is 2.33. The van der Waals surface area contributed by atoms with Crippen LogP contribution in [0.1, 0.15) is 30.9 Å². The maximum atomic E-state index is 14.6. The Hall–Kier alpha value is -3.78. The van der Waals surface area contributed by atoms with Crippen molar-refractivity contribution in [2.24, 2.45) is 0 Å². The minimum Gasteiger partial charge on any atom is -0.481 e. The molecule has 0 saturated heterocycles. The summed E-state index contributed by atoms with van der Waals surface area (Å²) in [6, 6.07) is 18.1. The topological polar surface area (TPSA) is 85.4 Å². The second kappa shape index (κ2) is 9.84. The second-order valence-corrected chi connectivity index (χ2v) is 10.2. The molecule has 0 aliphatic carbocycles. The molecule has 0 aliphatic heterocycles. The zero-order valence-electron chi connectivity index (χ0n) is 19.6. The predicted molar refractivity (Wildman–Crippen MR) is 133 cm³/mol. The van der Waals surface area contributed by atoms with Crippen LogP contribution in [0.15, 0.2) is 77.8 Å². The highest BCUT2D eigenvalue weighted by Gasteiger charge is 2.22. The molecule has 3 aromatic carbocycles. The molecule has 0 radical (unpaired) electrons. The van der Waals surface area contributed by atoms with E-state index in [1.54, 1.807) is 24.3 Å². The van der Waals surface area contributed by atoms with Crippen molar-refractivity contribution in [3.8, 4) is 17.0 Å². The molecule has 180 valence electrons. The Morgan fingerprint density at radius 3 is 2.49 bits per heavy atom. The van der Waals surface area contributed by atoms with Crippen molar-refractivity contribution < 1.29 is 22.3 Å². The van der Waals surface area contributed by atoms with Gasteiger partial charge in [-0.2, -0.15) is 0 Å². The molecule has 0 atom stereocenters. The average Bonchev–Trinajstić information content (AvgIpc) is 2.84. The molecule has 1 heterocycles. The van der Waals surface area contributed by atoms with Gasteiger partial charge in [0.2, 0.25) is 11.8 Å². The van der Waals surface area contributed by atoms with Crippen LogP contribution in [0.3, 0.4) is 0 Å². The molecule has 0 bridgehead atoms. The van der Waals surface area contributed by atoms with Crippen LogP contribution >= 0.6 is 0 Å². The zero-order valence-corrected chi connectivity index (χ0v) is 20.4. The summed E-state index contributed by atoms with van der Waals surface area (Å²) >= 11 is 0. The van der Waals surface area contributed by atoms with Gasteiger partial charge < -0.3 is 4.74 Å². The van der Waals surface area contributed by atoms with E-state index in [9.17, 15) is 17.6 Å². The van der Waals surface area contributed by atoms with E-state index in [1.807, 2.05) is 32.0 Å². The summed E-state index contributed by atoms with van der Waals surface area (Å²) in [6.45, 7) is 3.78. The highest BCUT2D eigenvalue weighted by molar-refractivity contribution is 7.90. The molecular formula is C27H25FN2O4S. The summed E-state index contributed by atoms with van der Waals surface area (Å²) in [4.78, 5) is 17.1. The van der Waals surface area contributed by atoms with E-state index in [4.69, 9.17) is 4.74 Å². The van der Waals surface area contributed by atoms with Crippen LogP contribution in [0.4, 0.5) is 4.39 Å². The number of ether oxygens (including phenoxy) is 1. The third-order valence-corrected chi connectivity index (χ3v) is 7.11. The molecule has 0 unspecified atom stereocenters. The first-order valence-electron chi connectivity index (χ1n) is 11.0. The molecular weight excluding hydrogens is 467 g/mol. The van der Waals surface area contributed by atoms with E-state index in [0.29, 0.717) is 28.1 Å². The Bertz CT molecular complexity index is 1520. The largest absolute Gasteiger partial charge is 0.481 e. The Labute approximate surface area is 203 Å². The van der Waals surface area contributed by atoms with E-state index in [1.165, 1.54) is 37.6 Å². The van der Waals surface area contributed by atoms with Crippen LogP contribution in [0.25, 0.3) is 21.9 Å². The molecule has 0 saturated carbocycles. The molecule has 4 rings (SSSR count). The summed E-state index contributed by atoms with van der Waals surface area (Å²) in [5, 5.41) is 1.64. The lowest BCUT2D eigenvalue weighted by molar-refractivity contribution is -0.118. The molecule has 35 heavy (non-hydrogen) atoms. The molecule has 6 nitrogen and oxygen atoms in total. The Balaban J connectivity index is 1.69. The number of carbonyl (C=O) groups excluding carboxylic acids is 1. The normalized spacial score (nSPS) is 11.6. The van der Waals surface area contributed by atoms with E-state index in [-0.39, 0.29) is 17.2 Å². The molecule has 0 aliphatic rings. The van der Waals surface area contributed by atoms with Gasteiger partial charge >= 0.3 is 0 Å². The monoisotopic (exact) mass is 492 g/mol. The molecule has 1 N–H and O–H groups in total. The van der Waals surface area contributed by atoms with Gasteiger partial charge in [0.15, 0.2) is 0 Å². The van der Waals surface area contributed by atoms with E-state index in [0.717, 1.165) is 10.8 Å². The first-order chi connectivity index (χ1) is 16.7. The molecule has 1 amide bonds. The van der Waals surface area contributed by atoms with Gasteiger partial charge in [0, 0.05) is 12.3 Å². The third-order valence-electron chi connectivity index (χ3n) is 5.74. The number of benzene rings is 3. The van der Waals surface area contributed by atoms with Gasteiger partial charge in [-0.15, -0.1) is 0 Å². The quantitative estimate of drug-likeness (QED) is 0.382. The SMILES string of the molecule is COc1cc(-c2cc(F)cc(C(C)C)c2CC(=O)NS(=O)(=O)c2ccc3ccccc3c2)ccn1. The van der Waals surface area contributed by atoms with Crippen LogP contribution in [0.2, 0.25) is 0 Å². The van der Waals surface area contributed by atoms with Crippen molar-refractivity contribution in [3.63, 3.8) is 0 Å². The number of nitrogens with zero attached hydrogens (tertiary/aromatic N) is 1. The fourth-order valence-corrected chi connectivity index (χ4v) is 5.08. The van der Waals surface area contributed by atoms with Crippen LogP contribution < -0.4 is 9.46 Å². The Morgan fingerprint density at radius 1 is 1.03 bits per heavy atom. The Morgan fingerprint density at radius 2 is 1.77 bits per heavy atom. The van der Waals surface area contributed by atoms with Crippen molar-refractivity contribution in [2.75, 3.05) is 7.11 Å². The fraction of sp³-hybridized carbons (Fsp3) is 0.185. The maximum absolute atomic E-state index is 14.6. The molecule has 8 heteroatoms. The summed E-state index contributed by atoms with van der Waals surface area (Å²) in [6.07, 6.45) is 1.28. The van der Waals surface area contributed by atoms with Gasteiger partial charge in [0.25, 0.3) is 10.0 Å². The number of nitrogens with one attached hydrogen (secondary N) is 1. The van der Waals surface area contributed by atoms with Gasteiger partial charge in [-0.3, -0.25) is 4.79 Å². The van der Waals surface area contributed by atoms with Gasteiger partial charge in [-0.1, -0.05) is 44.2 Å². The van der Waals surface area contributed by atoms with E-state index >= 15 is 0 Å². The van der Waals surface area contributed by atoms with Crippen LogP contribution in [-0.2, 0) is 21.2 Å². The van der Waals surface area contributed by atoms with Gasteiger partial charge in [0.1, 0.15) is 5.82 Å². The minimum atomic E-state index is -4.10. The predicted octanol–water partition coefficient (Wildman–Crippen LogP) is 5.22. The van der Waals surface area contributed by atoms with Crippen LogP contribution in [0, 0.1) is 5.82 Å². The lowest BCUT2D eigenvalue weighted by Gasteiger charge is -2.18. The van der Waals surface area contributed by atoms with E-state index in [2.05, 4.69) is 9.71 Å². The third kappa shape index (κ3) is 5.33. The Kier molecular flexibility index (Phi) is 6.84. The smallest absolute Gasteiger partial charge is 0.264 e. The van der Waals surface area contributed by atoms with Crippen LogP contribution in [-0.4, -0.2) is 26.4 Å². The lowest BCUT2D eigenvalue weighted by Crippen LogP contribution is -2.32. The van der Waals surface area contributed by atoms with Crippen molar-refractivity contribution in [2.45, 2.75) is 31.1 Å². The van der Waals surface area contributed by atoms with Crippen LogP contribution in [0.5, 0.6) is 5.88 Å². The maximum Gasteiger partial charge on any atom is 0.264 e. The van der Waals surface area contributed by atoms with Gasteiger partial charge in [0.05, 0.1) is 18.4 Å². The van der Waals surface area contributed by atoms with Gasteiger partial charge in [-0.25, -0.2) is 22.5 Å². The molecule has 0 spiro atoms. The van der Waals surface area contributed by atoms with Crippen molar-refractivity contribution in [1.29, 1.82) is 0 Å². The standard InChI is InChI=1S/C27H25FN2O4S/c1-17(2)23-14-21(28)15-24(20-10-11-29-27(13-20)34-3)25(23)16-26(31)30-35(32,33)22-9-8-18-6-4-5-7-19(18)12-22/h4-15,17H,16H2,1-3H3,(H,30,31). The number of halogens is 1. The lowest BCUT2D eigenvalue weighted by atomic mass is 9.88. The van der Waals surface area contributed by atoms with Gasteiger partial charge in [-0.05, 0) is 69.3 Å². The first-order valence-corrected chi connectivity index (χ1v) is 12.5. The minimum absolute atomic E-state index is 0.00756. The number of pyridine rings is 1. The fourth-order valence-electron chi connectivity index (χ4n) is 4.06. The van der Waals surface area contributed by atoms with Crippen molar-refractivity contribution in [1.82, 2.24) is 9.71 Å². The first kappa shape index (κ1) is 24.3. The summed E-state index contributed by atoms with van der Waals surface area (Å²) in [7, 11) is -2.63. The molecule has 4 aromatic rings. The van der Waals surface area contributed by atoms with E-state index < -0.39 is 21.7 Å². The zero-order chi connectivity index (χ0) is 25.2. The number of fused-ring (bicyclic) bond motifs is 1. The number of hydrogen-bond donors (Lipinski definition) is 1.